The first-order chi connectivity index (χ1) is 9.49. The summed E-state index contributed by atoms with van der Waals surface area (Å²) >= 11 is 3.39. The van der Waals surface area contributed by atoms with Crippen LogP contribution in [-0.2, 0) is 0 Å². The fourth-order valence-electron chi connectivity index (χ4n) is 2.47. The number of rotatable bonds is 4. The molecule has 1 N–H and O–H groups in total. The highest BCUT2D eigenvalue weighted by atomic mass is 79.9. The zero-order valence-electron chi connectivity index (χ0n) is 12.0. The molecule has 20 heavy (non-hydrogen) atoms. The molecule has 0 amide bonds. The molecule has 1 nitrogen and oxygen atoms in total. The van der Waals surface area contributed by atoms with Crippen molar-refractivity contribution in [3.63, 3.8) is 0 Å². The predicted molar refractivity (Wildman–Crippen MR) is 85.2 cm³/mol. The molecule has 0 saturated carbocycles. The van der Waals surface area contributed by atoms with Gasteiger partial charge in [0.25, 0.3) is 0 Å². The van der Waals surface area contributed by atoms with Gasteiger partial charge in [0.1, 0.15) is 5.82 Å². The van der Waals surface area contributed by atoms with Gasteiger partial charge in [0.2, 0.25) is 0 Å². The Bertz CT molecular complexity index is 597. The smallest absolute Gasteiger partial charge is 0.128 e. The van der Waals surface area contributed by atoms with Crippen LogP contribution < -0.4 is 5.32 Å². The first-order valence-electron chi connectivity index (χ1n) is 6.75. The van der Waals surface area contributed by atoms with Crippen LogP contribution in [0.4, 0.5) is 4.39 Å². The maximum Gasteiger partial charge on any atom is 0.128 e. The van der Waals surface area contributed by atoms with Gasteiger partial charge in [-0.05, 0) is 50.1 Å². The number of halogens is 2. The second-order valence-corrected chi connectivity index (χ2v) is 6.05. The normalized spacial score (nSPS) is 14.1. The topological polar surface area (TPSA) is 12.0 Å². The summed E-state index contributed by atoms with van der Waals surface area (Å²) in [4.78, 5) is 0. The number of aryl methyl sites for hydroxylation is 1. The van der Waals surface area contributed by atoms with E-state index in [9.17, 15) is 4.39 Å². The summed E-state index contributed by atoms with van der Waals surface area (Å²) in [5, 5.41) is 3.46. The molecule has 2 aromatic rings. The van der Waals surface area contributed by atoms with Crippen LogP contribution in [0, 0.1) is 12.7 Å². The van der Waals surface area contributed by atoms with Gasteiger partial charge in [-0.3, -0.25) is 0 Å². The quantitative estimate of drug-likeness (QED) is 0.798. The Kier molecular flexibility index (Phi) is 4.95. The fraction of sp³-hybridized carbons (Fsp3) is 0.294. The second-order valence-electron chi connectivity index (χ2n) is 5.13. The monoisotopic (exact) mass is 335 g/mol. The second kappa shape index (κ2) is 6.51. The van der Waals surface area contributed by atoms with E-state index in [2.05, 4.69) is 47.2 Å². The number of hydrogen-bond donors (Lipinski definition) is 1. The van der Waals surface area contributed by atoms with Gasteiger partial charge in [0.15, 0.2) is 0 Å². The van der Waals surface area contributed by atoms with E-state index >= 15 is 0 Å². The molecule has 2 unspecified atom stereocenters. The minimum absolute atomic E-state index is 0.0536. The van der Waals surface area contributed by atoms with Crippen molar-refractivity contribution < 1.29 is 4.39 Å². The van der Waals surface area contributed by atoms with Crippen molar-refractivity contribution in [3.8, 4) is 0 Å². The predicted octanol–water partition coefficient (Wildman–Crippen LogP) is 5.31. The zero-order valence-corrected chi connectivity index (χ0v) is 13.5. The van der Waals surface area contributed by atoms with Crippen molar-refractivity contribution in [3.05, 3.63) is 69.4 Å². The van der Waals surface area contributed by atoms with Crippen LogP contribution in [0.3, 0.4) is 0 Å². The first kappa shape index (κ1) is 15.2. The Balaban J connectivity index is 2.17. The molecule has 2 aromatic carbocycles. The lowest BCUT2D eigenvalue weighted by molar-refractivity contribution is 0.472. The van der Waals surface area contributed by atoms with E-state index in [0.29, 0.717) is 5.56 Å². The van der Waals surface area contributed by atoms with Crippen molar-refractivity contribution in [2.45, 2.75) is 32.9 Å². The Hall–Kier alpha value is -1.19. The third-order valence-corrected chi connectivity index (χ3v) is 4.07. The molecule has 0 aliphatic rings. The summed E-state index contributed by atoms with van der Waals surface area (Å²) < 4.78 is 14.8. The first-order valence-corrected chi connectivity index (χ1v) is 7.55. The van der Waals surface area contributed by atoms with Gasteiger partial charge < -0.3 is 5.32 Å². The summed E-state index contributed by atoms with van der Waals surface area (Å²) in [5.41, 5.74) is 3.17. The van der Waals surface area contributed by atoms with Gasteiger partial charge in [0.05, 0.1) is 0 Å². The van der Waals surface area contributed by atoms with E-state index in [-0.39, 0.29) is 17.9 Å². The maximum atomic E-state index is 13.9. The highest BCUT2D eigenvalue weighted by molar-refractivity contribution is 9.10. The van der Waals surface area contributed by atoms with Crippen LogP contribution in [0.2, 0.25) is 0 Å². The molecule has 3 heteroatoms. The summed E-state index contributed by atoms with van der Waals surface area (Å²) in [5.74, 6) is -0.176. The molecular weight excluding hydrogens is 317 g/mol. The van der Waals surface area contributed by atoms with Gasteiger partial charge in [-0.25, -0.2) is 4.39 Å². The van der Waals surface area contributed by atoms with Crippen LogP contribution >= 0.6 is 15.9 Å². The summed E-state index contributed by atoms with van der Waals surface area (Å²) in [6.07, 6.45) is 0. The van der Waals surface area contributed by atoms with E-state index in [0.717, 1.165) is 4.47 Å². The summed E-state index contributed by atoms with van der Waals surface area (Å²) in [6.45, 7) is 6.19. The van der Waals surface area contributed by atoms with Crippen LogP contribution in [-0.4, -0.2) is 0 Å². The van der Waals surface area contributed by atoms with Gasteiger partial charge in [-0.15, -0.1) is 0 Å². The van der Waals surface area contributed by atoms with E-state index in [1.165, 1.54) is 17.2 Å². The van der Waals surface area contributed by atoms with Crippen molar-refractivity contribution in [1.29, 1.82) is 0 Å². The lowest BCUT2D eigenvalue weighted by Crippen LogP contribution is -2.23. The molecule has 0 aromatic heterocycles. The highest BCUT2D eigenvalue weighted by Crippen LogP contribution is 2.25. The minimum Gasteiger partial charge on any atom is -0.304 e. The van der Waals surface area contributed by atoms with Gasteiger partial charge in [-0.2, -0.15) is 0 Å². The average Bonchev–Trinajstić information content (AvgIpc) is 2.41. The Morgan fingerprint density at radius 2 is 1.65 bits per heavy atom. The summed E-state index contributed by atoms with van der Waals surface area (Å²) in [6, 6.07) is 13.4. The Labute approximate surface area is 128 Å². The number of hydrogen-bond acceptors (Lipinski definition) is 1. The van der Waals surface area contributed by atoms with E-state index in [1.807, 2.05) is 25.1 Å². The van der Waals surface area contributed by atoms with Crippen LogP contribution in [0.25, 0.3) is 0 Å². The Morgan fingerprint density at radius 1 is 1.00 bits per heavy atom. The van der Waals surface area contributed by atoms with Crippen LogP contribution in [0.1, 0.15) is 42.6 Å². The van der Waals surface area contributed by atoms with E-state index < -0.39 is 0 Å². The maximum absolute atomic E-state index is 13.9. The molecule has 0 spiro atoms. The molecule has 0 aliphatic carbocycles. The van der Waals surface area contributed by atoms with Gasteiger partial charge >= 0.3 is 0 Å². The SMILES string of the molecule is Cc1ccccc1C(C)NC(C)c1cc(Br)ccc1F. The zero-order chi connectivity index (χ0) is 14.7. The molecule has 2 rings (SSSR count). The molecule has 0 bridgehead atoms. The van der Waals surface area contributed by atoms with Crippen molar-refractivity contribution >= 4 is 15.9 Å². The molecule has 0 saturated heterocycles. The summed E-state index contributed by atoms with van der Waals surface area (Å²) in [7, 11) is 0. The lowest BCUT2D eigenvalue weighted by Gasteiger charge is -2.22. The molecule has 0 heterocycles. The molecule has 0 radical (unpaired) electrons. The van der Waals surface area contributed by atoms with Crippen molar-refractivity contribution in [1.82, 2.24) is 5.32 Å². The lowest BCUT2D eigenvalue weighted by atomic mass is 10.0. The van der Waals surface area contributed by atoms with Crippen LogP contribution in [0.5, 0.6) is 0 Å². The fourth-order valence-corrected chi connectivity index (χ4v) is 2.85. The van der Waals surface area contributed by atoms with E-state index in [4.69, 9.17) is 0 Å². The highest BCUT2D eigenvalue weighted by Gasteiger charge is 2.15. The van der Waals surface area contributed by atoms with E-state index in [1.54, 1.807) is 6.07 Å². The molecule has 2 atom stereocenters. The molecular formula is C17H19BrFN. The molecule has 0 fully saturated rings. The third kappa shape index (κ3) is 3.47. The third-order valence-electron chi connectivity index (χ3n) is 3.58. The van der Waals surface area contributed by atoms with Gasteiger partial charge in [0, 0.05) is 22.1 Å². The minimum atomic E-state index is -0.176. The van der Waals surface area contributed by atoms with Gasteiger partial charge in [-0.1, -0.05) is 40.2 Å². The largest absolute Gasteiger partial charge is 0.304 e. The molecule has 106 valence electrons. The molecule has 0 aliphatic heterocycles. The van der Waals surface area contributed by atoms with Crippen LogP contribution in [0.15, 0.2) is 46.9 Å². The Morgan fingerprint density at radius 3 is 2.35 bits per heavy atom. The number of benzene rings is 2. The standard InChI is InChI=1S/C17H19BrFN/c1-11-6-4-5-7-15(11)12(2)20-13(3)16-10-14(18)8-9-17(16)19/h4-10,12-13,20H,1-3H3. The number of nitrogens with one attached hydrogen (secondary N) is 1. The van der Waals surface area contributed by atoms with Crippen molar-refractivity contribution in [2.75, 3.05) is 0 Å². The van der Waals surface area contributed by atoms with Crippen molar-refractivity contribution in [2.24, 2.45) is 0 Å². The average molecular weight is 336 g/mol.